The van der Waals surface area contributed by atoms with Gasteiger partial charge in [0.1, 0.15) is 12.4 Å². The molecule has 2 N–H and O–H groups in total. The summed E-state index contributed by atoms with van der Waals surface area (Å²) in [7, 11) is 0. The summed E-state index contributed by atoms with van der Waals surface area (Å²) in [5.74, 6) is -0.139. The predicted octanol–water partition coefficient (Wildman–Crippen LogP) is 5.65. The van der Waals surface area contributed by atoms with E-state index in [1.54, 1.807) is 24.3 Å². The molecule has 0 spiro atoms. The average molecular weight is 426 g/mol. The van der Waals surface area contributed by atoms with Crippen molar-refractivity contribution in [2.24, 2.45) is 0 Å². The number of anilines is 1. The van der Waals surface area contributed by atoms with Gasteiger partial charge in [0.2, 0.25) is 0 Å². The predicted molar refractivity (Wildman–Crippen MR) is 110 cm³/mol. The quantitative estimate of drug-likeness (QED) is 0.513. The fraction of sp³-hybridized carbons (Fsp3) is 0.136. The third-order valence-corrected chi connectivity index (χ3v) is 4.65. The summed E-state index contributed by atoms with van der Waals surface area (Å²) in [6.07, 6.45) is 0. The summed E-state index contributed by atoms with van der Waals surface area (Å²) in [4.78, 5) is 10.9. The Morgan fingerprint density at radius 2 is 1.74 bits per heavy atom. The first-order valence-corrected chi connectivity index (χ1v) is 9.34. The minimum absolute atomic E-state index is 0.269. The fourth-order valence-corrected chi connectivity index (χ4v) is 3.01. The molecule has 0 atom stereocenters. The van der Waals surface area contributed by atoms with Crippen LogP contribution < -0.4 is 10.1 Å². The van der Waals surface area contributed by atoms with Gasteiger partial charge in [-0.3, -0.25) is 0 Å². The van der Waals surface area contributed by atoms with Gasteiger partial charge in [0.15, 0.2) is 0 Å². The molecular weight excluding hydrogens is 406 g/mol. The van der Waals surface area contributed by atoms with Crippen LogP contribution in [0, 0.1) is 6.92 Å². The highest BCUT2D eigenvalue weighted by Crippen LogP contribution is 2.25. The van der Waals surface area contributed by atoms with Crippen LogP contribution in [0.4, 0.5) is 5.69 Å². The zero-order valence-electron chi connectivity index (χ0n) is 14.9. The van der Waals surface area contributed by atoms with E-state index in [1.165, 1.54) is 5.56 Å². The molecule has 138 valence electrons. The summed E-state index contributed by atoms with van der Waals surface area (Å²) in [5.41, 5.74) is 4.49. The van der Waals surface area contributed by atoms with Crippen LogP contribution >= 0.6 is 15.9 Å². The highest BCUT2D eigenvalue weighted by atomic mass is 79.9. The van der Waals surface area contributed by atoms with Gasteiger partial charge < -0.3 is 15.2 Å². The van der Waals surface area contributed by atoms with Crippen molar-refractivity contribution >= 4 is 27.6 Å². The molecule has 0 heterocycles. The lowest BCUT2D eigenvalue weighted by Gasteiger charge is -2.14. The monoisotopic (exact) mass is 425 g/mol. The number of hydrogen-bond donors (Lipinski definition) is 2. The first-order valence-electron chi connectivity index (χ1n) is 8.55. The lowest BCUT2D eigenvalue weighted by molar-refractivity contribution is 0.0697. The smallest absolute Gasteiger partial charge is 0.335 e. The molecule has 0 unspecified atom stereocenters. The lowest BCUT2D eigenvalue weighted by Crippen LogP contribution is -2.04. The molecule has 0 radical (unpaired) electrons. The molecule has 4 nitrogen and oxygen atoms in total. The van der Waals surface area contributed by atoms with Crippen LogP contribution in [-0.4, -0.2) is 11.1 Å². The SMILES string of the molecule is Cc1ccc(NCc2cc(Br)ccc2OCc2ccc(C(=O)O)cc2)cc1. The number of aryl methyl sites for hydroxylation is 1. The minimum Gasteiger partial charge on any atom is -0.489 e. The molecule has 0 saturated heterocycles. The highest BCUT2D eigenvalue weighted by molar-refractivity contribution is 9.10. The lowest BCUT2D eigenvalue weighted by atomic mass is 10.1. The van der Waals surface area contributed by atoms with Gasteiger partial charge in [0.05, 0.1) is 5.56 Å². The normalized spacial score (nSPS) is 10.4. The van der Waals surface area contributed by atoms with Crippen LogP contribution in [0.1, 0.15) is 27.0 Å². The molecule has 0 aliphatic rings. The Morgan fingerprint density at radius 1 is 1.04 bits per heavy atom. The molecule has 0 amide bonds. The molecule has 5 heteroatoms. The molecular formula is C22H20BrNO3. The number of ether oxygens (including phenoxy) is 1. The maximum atomic E-state index is 10.9. The minimum atomic E-state index is -0.931. The first kappa shape index (κ1) is 19.0. The molecule has 0 aliphatic heterocycles. The molecule has 0 bridgehead atoms. The van der Waals surface area contributed by atoms with Gasteiger partial charge in [0.25, 0.3) is 0 Å². The number of hydrogen-bond acceptors (Lipinski definition) is 3. The number of carbonyl (C=O) groups is 1. The Hall–Kier alpha value is -2.79. The fourth-order valence-electron chi connectivity index (χ4n) is 2.60. The van der Waals surface area contributed by atoms with Gasteiger partial charge >= 0.3 is 5.97 Å². The summed E-state index contributed by atoms with van der Waals surface area (Å²) in [6, 6.07) is 20.9. The van der Waals surface area contributed by atoms with Crippen molar-refractivity contribution in [3.8, 4) is 5.75 Å². The van der Waals surface area contributed by atoms with E-state index in [0.29, 0.717) is 13.2 Å². The van der Waals surface area contributed by atoms with E-state index < -0.39 is 5.97 Å². The summed E-state index contributed by atoms with van der Waals surface area (Å²) in [6.45, 7) is 3.07. The maximum Gasteiger partial charge on any atom is 0.335 e. The topological polar surface area (TPSA) is 58.6 Å². The number of benzene rings is 3. The Bertz CT molecular complexity index is 921. The molecule has 0 aromatic heterocycles. The number of rotatable bonds is 7. The molecule has 3 aromatic carbocycles. The molecule has 0 aliphatic carbocycles. The van der Waals surface area contributed by atoms with Crippen molar-refractivity contribution in [3.63, 3.8) is 0 Å². The Balaban J connectivity index is 1.67. The third kappa shape index (κ3) is 5.34. The van der Waals surface area contributed by atoms with Crippen LogP contribution in [0.25, 0.3) is 0 Å². The van der Waals surface area contributed by atoms with Crippen LogP contribution in [0.5, 0.6) is 5.75 Å². The van der Waals surface area contributed by atoms with Gasteiger partial charge in [-0.2, -0.15) is 0 Å². The van der Waals surface area contributed by atoms with Crippen LogP contribution in [0.2, 0.25) is 0 Å². The molecule has 0 fully saturated rings. The summed E-state index contributed by atoms with van der Waals surface area (Å²) < 4.78 is 6.97. The van der Waals surface area contributed by atoms with Gasteiger partial charge in [-0.25, -0.2) is 4.79 Å². The Labute approximate surface area is 166 Å². The van der Waals surface area contributed by atoms with Crippen molar-refractivity contribution in [1.29, 1.82) is 0 Å². The second-order valence-electron chi connectivity index (χ2n) is 6.26. The Morgan fingerprint density at radius 3 is 2.41 bits per heavy atom. The summed E-state index contributed by atoms with van der Waals surface area (Å²) >= 11 is 3.51. The summed E-state index contributed by atoms with van der Waals surface area (Å²) in [5, 5.41) is 12.4. The van der Waals surface area contributed by atoms with E-state index in [9.17, 15) is 4.79 Å². The van der Waals surface area contributed by atoms with Crippen molar-refractivity contribution in [2.45, 2.75) is 20.1 Å². The van der Waals surface area contributed by atoms with Crippen LogP contribution in [-0.2, 0) is 13.2 Å². The van der Waals surface area contributed by atoms with E-state index in [2.05, 4.69) is 52.4 Å². The van der Waals surface area contributed by atoms with Crippen LogP contribution in [0.3, 0.4) is 0 Å². The number of aromatic carboxylic acids is 1. The zero-order valence-corrected chi connectivity index (χ0v) is 16.5. The van der Waals surface area contributed by atoms with E-state index in [0.717, 1.165) is 27.0 Å². The maximum absolute atomic E-state index is 10.9. The van der Waals surface area contributed by atoms with Crippen molar-refractivity contribution in [2.75, 3.05) is 5.32 Å². The van der Waals surface area contributed by atoms with E-state index in [1.807, 2.05) is 18.2 Å². The highest BCUT2D eigenvalue weighted by Gasteiger charge is 2.07. The number of halogens is 1. The average Bonchev–Trinajstić information content (AvgIpc) is 2.67. The standard InChI is InChI=1S/C22H20BrNO3/c1-15-2-9-20(10-3-15)24-13-18-12-19(23)8-11-21(18)27-14-16-4-6-17(7-5-16)22(25)26/h2-12,24H,13-14H2,1H3,(H,25,26). The van der Waals surface area contributed by atoms with E-state index >= 15 is 0 Å². The van der Waals surface area contributed by atoms with Crippen molar-refractivity contribution in [3.05, 3.63) is 93.5 Å². The van der Waals surface area contributed by atoms with Crippen molar-refractivity contribution < 1.29 is 14.6 Å². The molecule has 3 rings (SSSR count). The van der Waals surface area contributed by atoms with Gasteiger partial charge in [-0.15, -0.1) is 0 Å². The third-order valence-electron chi connectivity index (χ3n) is 4.15. The second kappa shape index (κ2) is 8.73. The largest absolute Gasteiger partial charge is 0.489 e. The van der Waals surface area contributed by atoms with E-state index in [-0.39, 0.29) is 5.56 Å². The number of nitrogens with one attached hydrogen (secondary N) is 1. The molecule has 0 saturated carbocycles. The van der Waals surface area contributed by atoms with E-state index in [4.69, 9.17) is 9.84 Å². The van der Waals surface area contributed by atoms with Crippen LogP contribution in [0.15, 0.2) is 71.2 Å². The van der Waals surface area contributed by atoms with Gasteiger partial charge in [-0.1, -0.05) is 45.8 Å². The number of carboxylic acid groups (broad SMARTS) is 1. The first-order chi connectivity index (χ1) is 13.0. The van der Waals surface area contributed by atoms with Gasteiger partial charge in [0, 0.05) is 22.3 Å². The zero-order chi connectivity index (χ0) is 19.2. The van der Waals surface area contributed by atoms with Gasteiger partial charge in [-0.05, 0) is 55.0 Å². The van der Waals surface area contributed by atoms with Crippen molar-refractivity contribution in [1.82, 2.24) is 0 Å². The molecule has 27 heavy (non-hydrogen) atoms. The Kier molecular flexibility index (Phi) is 6.14. The molecule has 3 aromatic rings. The second-order valence-corrected chi connectivity index (χ2v) is 7.18. The number of carboxylic acids is 1.